The van der Waals surface area contributed by atoms with Crippen molar-refractivity contribution in [3.8, 4) is 5.69 Å². The number of anilines is 1. The van der Waals surface area contributed by atoms with Gasteiger partial charge in [-0.25, -0.2) is 9.97 Å². The van der Waals surface area contributed by atoms with Gasteiger partial charge in [-0.05, 0) is 29.8 Å². The third-order valence-electron chi connectivity index (χ3n) is 5.42. The van der Waals surface area contributed by atoms with E-state index in [2.05, 4.69) is 25.2 Å². The van der Waals surface area contributed by atoms with E-state index in [1.54, 1.807) is 11.0 Å². The van der Waals surface area contributed by atoms with E-state index < -0.39 is 0 Å². The zero-order chi connectivity index (χ0) is 21.2. The molecular weight excluding hydrogens is 414 g/mol. The summed E-state index contributed by atoms with van der Waals surface area (Å²) in [5.41, 5.74) is 3.18. The third kappa shape index (κ3) is 3.94. The van der Waals surface area contributed by atoms with Crippen LogP contribution in [-0.2, 0) is 11.2 Å². The number of benzene rings is 2. The molecule has 5 rings (SSSR count). The van der Waals surface area contributed by atoms with Crippen molar-refractivity contribution < 1.29 is 4.79 Å². The highest BCUT2D eigenvalue weighted by Gasteiger charge is 2.25. The van der Waals surface area contributed by atoms with Gasteiger partial charge in [0.25, 0.3) is 0 Å². The average molecular weight is 434 g/mol. The zero-order valence-electron chi connectivity index (χ0n) is 16.7. The number of para-hydroxylation sites is 1. The molecule has 0 unspecified atom stereocenters. The lowest BCUT2D eigenvalue weighted by molar-refractivity contribution is -0.130. The van der Waals surface area contributed by atoms with Crippen LogP contribution < -0.4 is 4.90 Å². The molecule has 1 aliphatic heterocycles. The van der Waals surface area contributed by atoms with E-state index in [4.69, 9.17) is 11.6 Å². The molecule has 0 bridgehead atoms. The summed E-state index contributed by atoms with van der Waals surface area (Å²) in [4.78, 5) is 25.6. The van der Waals surface area contributed by atoms with Crippen molar-refractivity contribution in [3.63, 3.8) is 0 Å². The predicted octanol–water partition coefficient (Wildman–Crippen LogP) is 2.76. The van der Waals surface area contributed by atoms with Gasteiger partial charge < -0.3 is 9.80 Å². The number of nitrogens with zero attached hydrogens (tertiary/aromatic N) is 7. The maximum atomic E-state index is 12.7. The van der Waals surface area contributed by atoms with Crippen LogP contribution in [0, 0.1) is 0 Å². The van der Waals surface area contributed by atoms with E-state index in [-0.39, 0.29) is 5.91 Å². The summed E-state index contributed by atoms with van der Waals surface area (Å²) in [5, 5.41) is 9.29. The summed E-state index contributed by atoms with van der Waals surface area (Å²) in [7, 11) is 0. The first kappa shape index (κ1) is 19.4. The van der Waals surface area contributed by atoms with Crippen LogP contribution in [0.1, 0.15) is 5.56 Å². The van der Waals surface area contributed by atoms with Gasteiger partial charge in [0.2, 0.25) is 5.91 Å². The standard InChI is InChI=1S/C22H20ClN7O/c23-17-8-6-16(7-9-17)14-19(31)28-10-12-29(13-11-28)21-20-22(25-15-24-21)30(27-26-20)18-4-2-1-3-5-18/h1-9,15H,10-14H2. The fraction of sp³-hybridized carbons (Fsp3) is 0.227. The number of amides is 1. The molecule has 1 amide bonds. The molecule has 2 aromatic heterocycles. The van der Waals surface area contributed by atoms with E-state index in [1.807, 2.05) is 59.5 Å². The van der Waals surface area contributed by atoms with E-state index >= 15 is 0 Å². The van der Waals surface area contributed by atoms with Crippen molar-refractivity contribution in [2.24, 2.45) is 0 Å². The number of rotatable bonds is 4. The van der Waals surface area contributed by atoms with Crippen molar-refractivity contribution in [3.05, 3.63) is 71.5 Å². The molecule has 8 nitrogen and oxygen atoms in total. The normalized spacial score (nSPS) is 14.2. The summed E-state index contributed by atoms with van der Waals surface area (Å²) >= 11 is 5.93. The van der Waals surface area contributed by atoms with E-state index in [0.29, 0.717) is 48.8 Å². The first-order chi connectivity index (χ1) is 15.2. The Morgan fingerprint density at radius 2 is 1.68 bits per heavy atom. The fourth-order valence-corrected chi connectivity index (χ4v) is 3.89. The van der Waals surface area contributed by atoms with Crippen LogP contribution in [0.25, 0.3) is 16.9 Å². The van der Waals surface area contributed by atoms with Crippen LogP contribution in [0.3, 0.4) is 0 Å². The van der Waals surface area contributed by atoms with Crippen LogP contribution in [0.4, 0.5) is 5.82 Å². The Balaban J connectivity index is 1.30. The molecule has 4 aromatic rings. The van der Waals surface area contributed by atoms with Gasteiger partial charge in [0, 0.05) is 31.2 Å². The monoisotopic (exact) mass is 433 g/mol. The second kappa shape index (κ2) is 8.31. The predicted molar refractivity (Wildman–Crippen MR) is 118 cm³/mol. The van der Waals surface area contributed by atoms with Crippen molar-refractivity contribution in [2.75, 3.05) is 31.1 Å². The molecule has 1 saturated heterocycles. The SMILES string of the molecule is O=C(Cc1ccc(Cl)cc1)N1CCN(c2ncnc3c2nnn3-c2ccccc2)CC1. The molecule has 3 heterocycles. The Bertz CT molecular complexity index is 1200. The number of carbonyl (C=O) groups is 1. The molecule has 0 atom stereocenters. The number of hydrogen-bond acceptors (Lipinski definition) is 6. The first-order valence-electron chi connectivity index (χ1n) is 10.1. The lowest BCUT2D eigenvalue weighted by atomic mass is 10.1. The summed E-state index contributed by atoms with van der Waals surface area (Å²) in [6, 6.07) is 17.2. The third-order valence-corrected chi connectivity index (χ3v) is 5.67. The molecule has 1 aliphatic rings. The van der Waals surface area contributed by atoms with Crippen molar-refractivity contribution in [1.82, 2.24) is 29.9 Å². The maximum absolute atomic E-state index is 12.7. The highest BCUT2D eigenvalue weighted by Crippen LogP contribution is 2.23. The minimum Gasteiger partial charge on any atom is -0.351 e. The molecule has 9 heteroatoms. The van der Waals surface area contributed by atoms with Gasteiger partial charge in [0.05, 0.1) is 12.1 Å². The number of fused-ring (bicyclic) bond motifs is 1. The molecular formula is C22H20ClN7O. The number of hydrogen-bond donors (Lipinski definition) is 0. The average Bonchev–Trinajstić information content (AvgIpc) is 3.26. The minimum absolute atomic E-state index is 0.116. The summed E-state index contributed by atoms with van der Waals surface area (Å²) < 4.78 is 1.71. The molecule has 2 aromatic carbocycles. The Hall–Kier alpha value is -3.52. The fourth-order valence-electron chi connectivity index (χ4n) is 3.77. The molecule has 0 aliphatic carbocycles. The second-order valence-electron chi connectivity index (χ2n) is 7.38. The van der Waals surface area contributed by atoms with Gasteiger partial charge in [-0.1, -0.05) is 47.1 Å². The number of carbonyl (C=O) groups excluding carboxylic acids is 1. The summed E-state index contributed by atoms with van der Waals surface area (Å²) in [6.45, 7) is 2.61. The van der Waals surface area contributed by atoms with Crippen molar-refractivity contribution in [1.29, 1.82) is 0 Å². The van der Waals surface area contributed by atoms with Crippen molar-refractivity contribution >= 4 is 34.5 Å². The Morgan fingerprint density at radius 1 is 0.935 bits per heavy atom. The number of aromatic nitrogens is 5. The number of halogens is 1. The largest absolute Gasteiger partial charge is 0.351 e. The minimum atomic E-state index is 0.116. The summed E-state index contributed by atoms with van der Waals surface area (Å²) in [5.74, 6) is 0.863. The lowest BCUT2D eigenvalue weighted by Crippen LogP contribution is -2.49. The zero-order valence-corrected chi connectivity index (χ0v) is 17.5. The molecule has 0 radical (unpaired) electrons. The van der Waals surface area contributed by atoms with Gasteiger partial charge >= 0.3 is 0 Å². The van der Waals surface area contributed by atoms with Crippen LogP contribution in [-0.4, -0.2) is 61.9 Å². The van der Waals surface area contributed by atoms with Crippen LogP contribution >= 0.6 is 11.6 Å². The molecule has 156 valence electrons. The molecule has 1 fully saturated rings. The van der Waals surface area contributed by atoms with Gasteiger partial charge in [-0.3, -0.25) is 4.79 Å². The Kier molecular flexibility index (Phi) is 5.21. The van der Waals surface area contributed by atoms with Crippen LogP contribution in [0.15, 0.2) is 60.9 Å². The second-order valence-corrected chi connectivity index (χ2v) is 7.81. The molecule has 0 N–H and O–H groups in total. The molecule has 0 saturated carbocycles. The summed E-state index contributed by atoms with van der Waals surface area (Å²) in [6.07, 6.45) is 1.92. The van der Waals surface area contributed by atoms with E-state index in [9.17, 15) is 4.79 Å². The van der Waals surface area contributed by atoms with Crippen LogP contribution in [0.5, 0.6) is 0 Å². The quantitative estimate of drug-likeness (QED) is 0.492. The highest BCUT2D eigenvalue weighted by atomic mass is 35.5. The van der Waals surface area contributed by atoms with Gasteiger partial charge in [-0.15, -0.1) is 5.10 Å². The maximum Gasteiger partial charge on any atom is 0.227 e. The van der Waals surface area contributed by atoms with E-state index in [0.717, 1.165) is 17.1 Å². The van der Waals surface area contributed by atoms with Crippen LogP contribution in [0.2, 0.25) is 5.02 Å². The number of piperazine rings is 1. The lowest BCUT2D eigenvalue weighted by Gasteiger charge is -2.35. The Morgan fingerprint density at radius 3 is 2.42 bits per heavy atom. The van der Waals surface area contributed by atoms with Gasteiger partial charge in [-0.2, -0.15) is 4.68 Å². The Labute approximate surface area is 184 Å². The topological polar surface area (TPSA) is 80.0 Å². The van der Waals surface area contributed by atoms with Gasteiger partial charge in [0.1, 0.15) is 6.33 Å². The smallest absolute Gasteiger partial charge is 0.227 e. The molecule has 0 spiro atoms. The molecule has 31 heavy (non-hydrogen) atoms. The first-order valence-corrected chi connectivity index (χ1v) is 10.5. The van der Waals surface area contributed by atoms with Gasteiger partial charge in [0.15, 0.2) is 17.0 Å². The van der Waals surface area contributed by atoms with Crippen molar-refractivity contribution in [2.45, 2.75) is 6.42 Å². The van der Waals surface area contributed by atoms with E-state index in [1.165, 1.54) is 0 Å². The highest BCUT2D eigenvalue weighted by molar-refractivity contribution is 6.30.